The zero-order chi connectivity index (χ0) is 17.2. The molecule has 5 heteroatoms. The molecular weight excluding hydrogens is 304 g/mol. The molecule has 1 saturated heterocycles. The van der Waals surface area contributed by atoms with E-state index in [-0.39, 0.29) is 11.8 Å². The normalized spacial score (nSPS) is 16.1. The molecule has 1 aliphatic heterocycles. The van der Waals surface area contributed by atoms with Crippen LogP contribution in [0, 0.1) is 5.92 Å². The average Bonchev–Trinajstić information content (AvgIpc) is 2.62. The fourth-order valence-electron chi connectivity index (χ4n) is 3.16. The lowest BCUT2D eigenvalue weighted by Crippen LogP contribution is -2.38. The number of nitrogens with zero attached hydrogens (tertiary/aromatic N) is 1. The van der Waals surface area contributed by atoms with Crippen molar-refractivity contribution in [2.45, 2.75) is 32.1 Å². The van der Waals surface area contributed by atoms with Crippen molar-refractivity contribution in [2.24, 2.45) is 5.92 Å². The van der Waals surface area contributed by atoms with Crippen LogP contribution in [0.25, 0.3) is 0 Å². The molecule has 1 heterocycles. The molecule has 0 unspecified atom stereocenters. The fourth-order valence-corrected chi connectivity index (χ4v) is 3.16. The molecule has 2 rings (SSSR count). The summed E-state index contributed by atoms with van der Waals surface area (Å²) in [6.45, 7) is 4.00. The average molecular weight is 334 g/mol. The second-order valence-corrected chi connectivity index (χ2v) is 6.36. The van der Waals surface area contributed by atoms with Crippen LogP contribution in [0.1, 0.15) is 32.1 Å². The highest BCUT2D eigenvalue weighted by Gasteiger charge is 2.25. The topological polar surface area (TPSA) is 50.8 Å². The number of benzene rings is 1. The molecule has 0 spiro atoms. The third-order valence-electron chi connectivity index (χ3n) is 4.65. The number of para-hydroxylation sites is 2. The number of rotatable bonds is 9. The molecule has 1 fully saturated rings. The molecule has 0 atom stereocenters. The van der Waals surface area contributed by atoms with Gasteiger partial charge in [0.15, 0.2) is 0 Å². The number of hydrogen-bond donors (Lipinski definition) is 1. The highest BCUT2D eigenvalue weighted by molar-refractivity contribution is 5.94. The summed E-state index contributed by atoms with van der Waals surface area (Å²) in [7, 11) is 3.37. The smallest absolute Gasteiger partial charge is 0.227 e. The third kappa shape index (κ3) is 5.80. The number of ether oxygens (including phenoxy) is 2. The van der Waals surface area contributed by atoms with Crippen LogP contribution >= 0.6 is 0 Å². The standard InChI is InChI=1S/C19H30N2O3/c1-23-15-7-3-6-12-21-13-10-16(11-14-21)19(22)20-17-8-4-5-9-18(17)24-2/h4-5,8-9,16H,3,6-7,10-15H2,1-2H3,(H,20,22). The highest BCUT2D eigenvalue weighted by atomic mass is 16.5. The van der Waals surface area contributed by atoms with Gasteiger partial charge in [0.25, 0.3) is 0 Å². The molecule has 134 valence electrons. The maximum atomic E-state index is 12.5. The molecule has 1 aliphatic rings. The number of anilines is 1. The Labute approximate surface area is 145 Å². The first-order valence-electron chi connectivity index (χ1n) is 8.89. The van der Waals surface area contributed by atoms with Gasteiger partial charge in [-0.1, -0.05) is 12.1 Å². The Bertz CT molecular complexity index is 499. The van der Waals surface area contributed by atoms with Crippen molar-refractivity contribution in [3.05, 3.63) is 24.3 Å². The van der Waals surface area contributed by atoms with E-state index in [0.717, 1.165) is 51.2 Å². The van der Waals surface area contributed by atoms with Crippen molar-refractivity contribution >= 4 is 11.6 Å². The van der Waals surface area contributed by atoms with Gasteiger partial charge in [0, 0.05) is 19.6 Å². The minimum absolute atomic E-state index is 0.0969. The predicted octanol–water partition coefficient (Wildman–Crippen LogP) is 3.16. The summed E-state index contributed by atoms with van der Waals surface area (Å²) in [6, 6.07) is 7.55. The second-order valence-electron chi connectivity index (χ2n) is 6.36. The number of carbonyl (C=O) groups is 1. The Kier molecular flexibility index (Phi) is 8.05. The zero-order valence-electron chi connectivity index (χ0n) is 14.9. The summed E-state index contributed by atoms with van der Waals surface area (Å²) >= 11 is 0. The highest BCUT2D eigenvalue weighted by Crippen LogP contribution is 2.25. The Morgan fingerprint density at radius 1 is 1.17 bits per heavy atom. The predicted molar refractivity (Wildman–Crippen MR) is 96.5 cm³/mol. The second kappa shape index (κ2) is 10.3. The molecule has 1 aromatic rings. The number of nitrogens with one attached hydrogen (secondary N) is 1. The summed E-state index contributed by atoms with van der Waals surface area (Å²) < 4.78 is 10.4. The largest absolute Gasteiger partial charge is 0.495 e. The zero-order valence-corrected chi connectivity index (χ0v) is 14.9. The number of amides is 1. The van der Waals surface area contributed by atoms with E-state index < -0.39 is 0 Å². The Morgan fingerprint density at radius 2 is 1.92 bits per heavy atom. The van der Waals surface area contributed by atoms with Gasteiger partial charge < -0.3 is 19.7 Å². The van der Waals surface area contributed by atoms with Crippen molar-refractivity contribution in [3.8, 4) is 5.75 Å². The van der Waals surface area contributed by atoms with E-state index in [0.29, 0.717) is 5.75 Å². The molecule has 24 heavy (non-hydrogen) atoms. The van der Waals surface area contributed by atoms with E-state index >= 15 is 0 Å². The third-order valence-corrected chi connectivity index (χ3v) is 4.65. The number of hydrogen-bond acceptors (Lipinski definition) is 4. The lowest BCUT2D eigenvalue weighted by atomic mass is 9.95. The van der Waals surface area contributed by atoms with Gasteiger partial charge in [0.1, 0.15) is 5.75 Å². The van der Waals surface area contributed by atoms with Gasteiger partial charge in [-0.05, 0) is 63.9 Å². The Hall–Kier alpha value is -1.59. The first kappa shape index (κ1) is 18.7. The van der Waals surface area contributed by atoms with Crippen molar-refractivity contribution in [1.29, 1.82) is 0 Å². The van der Waals surface area contributed by atoms with E-state index in [1.807, 2.05) is 24.3 Å². The molecule has 1 amide bonds. The summed E-state index contributed by atoms with van der Waals surface area (Å²) in [4.78, 5) is 14.9. The summed E-state index contributed by atoms with van der Waals surface area (Å²) in [5.41, 5.74) is 0.755. The Morgan fingerprint density at radius 3 is 2.62 bits per heavy atom. The number of likely N-dealkylation sites (tertiary alicyclic amines) is 1. The summed E-state index contributed by atoms with van der Waals surface area (Å²) in [5.74, 6) is 0.915. The van der Waals surface area contributed by atoms with E-state index in [1.54, 1.807) is 14.2 Å². The van der Waals surface area contributed by atoms with Crippen LogP contribution in [0.4, 0.5) is 5.69 Å². The van der Waals surface area contributed by atoms with Crippen LogP contribution in [0.2, 0.25) is 0 Å². The van der Waals surface area contributed by atoms with Crippen molar-refractivity contribution in [3.63, 3.8) is 0 Å². The van der Waals surface area contributed by atoms with Crippen molar-refractivity contribution in [1.82, 2.24) is 4.90 Å². The molecule has 0 aliphatic carbocycles. The molecule has 5 nitrogen and oxygen atoms in total. The minimum atomic E-state index is 0.0969. The number of methoxy groups -OCH3 is 2. The van der Waals surface area contributed by atoms with Gasteiger partial charge >= 0.3 is 0 Å². The molecular formula is C19H30N2O3. The van der Waals surface area contributed by atoms with Crippen LogP contribution in [0.15, 0.2) is 24.3 Å². The van der Waals surface area contributed by atoms with Gasteiger partial charge in [-0.25, -0.2) is 0 Å². The summed E-state index contributed by atoms with van der Waals surface area (Å²) in [5, 5.41) is 3.02. The van der Waals surface area contributed by atoms with Crippen LogP contribution in [0.3, 0.4) is 0 Å². The number of piperidine rings is 1. The maximum Gasteiger partial charge on any atom is 0.227 e. The number of carbonyl (C=O) groups excluding carboxylic acids is 1. The van der Waals surface area contributed by atoms with E-state index in [4.69, 9.17) is 9.47 Å². The van der Waals surface area contributed by atoms with E-state index in [9.17, 15) is 4.79 Å². The van der Waals surface area contributed by atoms with Gasteiger partial charge in [-0.15, -0.1) is 0 Å². The molecule has 1 N–H and O–H groups in total. The molecule has 1 aromatic carbocycles. The SMILES string of the molecule is COCCCCCN1CCC(C(=O)Nc2ccccc2OC)CC1. The quantitative estimate of drug-likeness (QED) is 0.705. The van der Waals surface area contributed by atoms with Crippen LogP contribution in [-0.2, 0) is 9.53 Å². The van der Waals surface area contributed by atoms with Gasteiger partial charge in [0.05, 0.1) is 12.8 Å². The van der Waals surface area contributed by atoms with Gasteiger partial charge in [0.2, 0.25) is 5.91 Å². The van der Waals surface area contributed by atoms with Crippen molar-refractivity contribution in [2.75, 3.05) is 45.8 Å². The van der Waals surface area contributed by atoms with E-state index in [1.165, 1.54) is 12.8 Å². The monoisotopic (exact) mass is 334 g/mol. The van der Waals surface area contributed by atoms with Gasteiger partial charge in [-0.3, -0.25) is 4.79 Å². The maximum absolute atomic E-state index is 12.5. The molecule has 0 bridgehead atoms. The minimum Gasteiger partial charge on any atom is -0.495 e. The molecule has 0 saturated carbocycles. The van der Waals surface area contributed by atoms with Crippen LogP contribution in [-0.4, -0.2) is 51.3 Å². The lowest BCUT2D eigenvalue weighted by molar-refractivity contribution is -0.121. The molecule has 0 aromatic heterocycles. The fraction of sp³-hybridized carbons (Fsp3) is 0.632. The Balaban J connectivity index is 1.71. The van der Waals surface area contributed by atoms with Crippen LogP contribution in [0.5, 0.6) is 5.75 Å². The first-order valence-corrected chi connectivity index (χ1v) is 8.89. The summed E-state index contributed by atoms with van der Waals surface area (Å²) in [6.07, 6.45) is 5.41. The van der Waals surface area contributed by atoms with E-state index in [2.05, 4.69) is 10.2 Å². The van der Waals surface area contributed by atoms with Crippen LogP contribution < -0.4 is 10.1 Å². The first-order chi connectivity index (χ1) is 11.7. The lowest BCUT2D eigenvalue weighted by Gasteiger charge is -2.31. The number of unbranched alkanes of at least 4 members (excludes halogenated alkanes) is 2. The molecule has 0 radical (unpaired) electrons. The van der Waals surface area contributed by atoms with Crippen molar-refractivity contribution < 1.29 is 14.3 Å². The van der Waals surface area contributed by atoms with Gasteiger partial charge in [-0.2, -0.15) is 0 Å².